The molecule has 4 nitrogen and oxygen atoms in total. The van der Waals surface area contributed by atoms with Crippen molar-refractivity contribution in [1.82, 2.24) is 9.97 Å². The minimum absolute atomic E-state index is 0.101. The van der Waals surface area contributed by atoms with Gasteiger partial charge in [0.2, 0.25) is 0 Å². The zero-order chi connectivity index (χ0) is 15.4. The van der Waals surface area contributed by atoms with E-state index >= 15 is 0 Å². The van der Waals surface area contributed by atoms with E-state index in [9.17, 15) is 0 Å². The van der Waals surface area contributed by atoms with Crippen molar-refractivity contribution >= 4 is 11.6 Å². The van der Waals surface area contributed by atoms with Gasteiger partial charge in [0.05, 0.1) is 17.9 Å². The maximum absolute atomic E-state index is 5.96. The Kier molecular flexibility index (Phi) is 4.01. The molecule has 3 aromatic rings. The highest BCUT2D eigenvalue weighted by atomic mass is 15.1. The van der Waals surface area contributed by atoms with Gasteiger partial charge in [0.25, 0.3) is 0 Å². The van der Waals surface area contributed by atoms with Crippen LogP contribution in [0.1, 0.15) is 18.5 Å². The van der Waals surface area contributed by atoms with Crippen molar-refractivity contribution in [2.45, 2.75) is 13.0 Å². The second-order valence-electron chi connectivity index (χ2n) is 5.13. The summed E-state index contributed by atoms with van der Waals surface area (Å²) in [5.74, 6) is 1.01. The normalized spacial score (nSPS) is 11.9. The summed E-state index contributed by atoms with van der Waals surface area (Å²) in [6.45, 7) is 2.08. The number of nitrogen functional groups attached to an aromatic ring is 1. The Labute approximate surface area is 130 Å². The first-order chi connectivity index (χ1) is 10.7. The van der Waals surface area contributed by atoms with Gasteiger partial charge in [0, 0.05) is 5.56 Å². The predicted molar refractivity (Wildman–Crippen MR) is 90.4 cm³/mol. The van der Waals surface area contributed by atoms with Crippen LogP contribution >= 0.6 is 0 Å². The Morgan fingerprint density at radius 1 is 0.955 bits per heavy atom. The van der Waals surface area contributed by atoms with Gasteiger partial charge in [0.1, 0.15) is 0 Å². The molecule has 0 unspecified atom stereocenters. The topological polar surface area (TPSA) is 63.8 Å². The first-order valence-corrected chi connectivity index (χ1v) is 7.23. The molecular weight excluding hydrogens is 272 g/mol. The summed E-state index contributed by atoms with van der Waals surface area (Å²) in [6.07, 6.45) is 1.70. The number of nitrogens with zero attached hydrogens (tertiary/aromatic N) is 2. The first kappa shape index (κ1) is 14.1. The van der Waals surface area contributed by atoms with Crippen molar-refractivity contribution in [3.63, 3.8) is 0 Å². The van der Waals surface area contributed by atoms with E-state index in [1.165, 1.54) is 5.56 Å². The fourth-order valence-electron chi connectivity index (χ4n) is 2.28. The highest BCUT2D eigenvalue weighted by molar-refractivity contribution is 5.65. The predicted octanol–water partition coefficient (Wildman–Crippen LogP) is 3.90. The maximum Gasteiger partial charge on any atom is 0.170 e. The molecule has 110 valence electrons. The quantitative estimate of drug-likeness (QED) is 0.765. The summed E-state index contributed by atoms with van der Waals surface area (Å²) in [5.41, 5.74) is 8.95. The zero-order valence-corrected chi connectivity index (χ0v) is 12.4. The Hall–Kier alpha value is -2.88. The molecule has 1 atom stereocenters. The van der Waals surface area contributed by atoms with E-state index in [-0.39, 0.29) is 6.04 Å². The summed E-state index contributed by atoms with van der Waals surface area (Å²) in [5, 5.41) is 3.34. The lowest BCUT2D eigenvalue weighted by molar-refractivity contribution is 0.873. The number of benzene rings is 2. The van der Waals surface area contributed by atoms with Crippen molar-refractivity contribution < 1.29 is 0 Å². The molecule has 0 saturated carbocycles. The summed E-state index contributed by atoms with van der Waals surface area (Å²) in [6, 6.07) is 20.2. The molecule has 0 saturated heterocycles. The van der Waals surface area contributed by atoms with Crippen LogP contribution in [0.3, 0.4) is 0 Å². The van der Waals surface area contributed by atoms with Crippen molar-refractivity contribution in [3.05, 3.63) is 72.4 Å². The second-order valence-corrected chi connectivity index (χ2v) is 5.13. The van der Waals surface area contributed by atoms with Crippen LogP contribution in [-0.4, -0.2) is 9.97 Å². The third-order valence-electron chi connectivity index (χ3n) is 3.52. The minimum Gasteiger partial charge on any atom is -0.381 e. The molecule has 4 heteroatoms. The lowest BCUT2D eigenvalue weighted by atomic mass is 10.1. The van der Waals surface area contributed by atoms with Gasteiger partial charge in [-0.2, -0.15) is 0 Å². The van der Waals surface area contributed by atoms with Crippen LogP contribution in [0.5, 0.6) is 0 Å². The summed E-state index contributed by atoms with van der Waals surface area (Å²) in [7, 11) is 0. The van der Waals surface area contributed by atoms with Crippen molar-refractivity contribution in [3.8, 4) is 11.3 Å². The summed E-state index contributed by atoms with van der Waals surface area (Å²) >= 11 is 0. The van der Waals surface area contributed by atoms with Gasteiger partial charge >= 0.3 is 0 Å². The molecule has 0 aliphatic heterocycles. The molecule has 0 amide bonds. The number of hydrogen-bond donors (Lipinski definition) is 2. The Morgan fingerprint density at radius 2 is 1.59 bits per heavy atom. The molecule has 3 rings (SSSR count). The summed E-state index contributed by atoms with van der Waals surface area (Å²) < 4.78 is 0. The number of aromatic nitrogens is 2. The van der Waals surface area contributed by atoms with E-state index in [0.29, 0.717) is 11.6 Å². The number of nitrogens with one attached hydrogen (secondary N) is 1. The zero-order valence-electron chi connectivity index (χ0n) is 12.4. The van der Waals surface area contributed by atoms with E-state index < -0.39 is 0 Å². The van der Waals surface area contributed by atoms with Crippen LogP contribution in [0.15, 0.2) is 66.9 Å². The molecule has 2 aromatic carbocycles. The third kappa shape index (κ3) is 3.06. The lowest BCUT2D eigenvalue weighted by Crippen LogP contribution is -2.11. The van der Waals surface area contributed by atoms with E-state index in [1.54, 1.807) is 6.20 Å². The van der Waals surface area contributed by atoms with Crippen LogP contribution in [0.25, 0.3) is 11.3 Å². The maximum atomic E-state index is 5.96. The van der Waals surface area contributed by atoms with E-state index in [0.717, 1.165) is 11.3 Å². The number of anilines is 2. The van der Waals surface area contributed by atoms with Crippen LogP contribution in [0, 0.1) is 0 Å². The average molecular weight is 290 g/mol. The molecule has 0 aliphatic carbocycles. The van der Waals surface area contributed by atoms with Crippen molar-refractivity contribution in [1.29, 1.82) is 0 Å². The van der Waals surface area contributed by atoms with Crippen molar-refractivity contribution in [2.75, 3.05) is 11.1 Å². The van der Waals surface area contributed by atoms with Gasteiger partial charge in [-0.05, 0) is 12.5 Å². The summed E-state index contributed by atoms with van der Waals surface area (Å²) in [4.78, 5) is 8.86. The van der Waals surface area contributed by atoms with Gasteiger partial charge in [0.15, 0.2) is 11.6 Å². The van der Waals surface area contributed by atoms with Crippen LogP contribution in [-0.2, 0) is 0 Å². The van der Waals surface area contributed by atoms with E-state index in [1.807, 2.05) is 48.5 Å². The second kappa shape index (κ2) is 6.26. The number of rotatable bonds is 4. The molecule has 0 aliphatic rings. The van der Waals surface area contributed by atoms with Crippen LogP contribution in [0.4, 0.5) is 11.6 Å². The molecule has 0 radical (unpaired) electrons. The molecule has 1 aromatic heterocycles. The fraction of sp³-hybridized carbons (Fsp3) is 0.111. The monoisotopic (exact) mass is 290 g/mol. The largest absolute Gasteiger partial charge is 0.381 e. The standard InChI is InChI=1S/C18H18N4/c1-13(14-8-4-2-5-9-14)21-18-17(19)20-12-16(22-18)15-10-6-3-7-11-15/h2-13H,1H3,(H2,19,20)(H,21,22)/t13-/m1/s1. The Morgan fingerprint density at radius 3 is 2.27 bits per heavy atom. The lowest BCUT2D eigenvalue weighted by Gasteiger charge is -2.16. The smallest absolute Gasteiger partial charge is 0.170 e. The minimum atomic E-state index is 0.101. The number of hydrogen-bond acceptors (Lipinski definition) is 4. The highest BCUT2D eigenvalue weighted by Gasteiger charge is 2.10. The van der Waals surface area contributed by atoms with Crippen molar-refractivity contribution in [2.24, 2.45) is 0 Å². The Balaban J connectivity index is 1.88. The molecule has 0 fully saturated rings. The van der Waals surface area contributed by atoms with E-state index in [4.69, 9.17) is 5.73 Å². The molecule has 22 heavy (non-hydrogen) atoms. The van der Waals surface area contributed by atoms with Gasteiger partial charge in [-0.1, -0.05) is 60.7 Å². The molecule has 0 spiro atoms. The SMILES string of the molecule is C[C@@H](Nc1nc(-c2ccccc2)cnc1N)c1ccccc1. The Bertz CT molecular complexity index is 742. The fourth-order valence-corrected chi connectivity index (χ4v) is 2.28. The van der Waals surface area contributed by atoms with Gasteiger partial charge in [-0.15, -0.1) is 0 Å². The van der Waals surface area contributed by atoms with Crippen LogP contribution in [0.2, 0.25) is 0 Å². The molecule has 3 N–H and O–H groups in total. The molecular formula is C18H18N4. The van der Waals surface area contributed by atoms with Gasteiger partial charge < -0.3 is 11.1 Å². The molecule has 1 heterocycles. The van der Waals surface area contributed by atoms with E-state index in [2.05, 4.69) is 34.3 Å². The van der Waals surface area contributed by atoms with Gasteiger partial charge in [-0.25, -0.2) is 9.97 Å². The molecule has 0 bridgehead atoms. The highest BCUT2D eigenvalue weighted by Crippen LogP contribution is 2.24. The first-order valence-electron chi connectivity index (χ1n) is 7.23. The average Bonchev–Trinajstić information content (AvgIpc) is 2.58. The van der Waals surface area contributed by atoms with Crippen LogP contribution < -0.4 is 11.1 Å². The number of nitrogens with two attached hydrogens (primary N) is 1. The third-order valence-corrected chi connectivity index (χ3v) is 3.52. The van der Waals surface area contributed by atoms with Gasteiger partial charge in [-0.3, -0.25) is 0 Å².